The molecule has 0 unspecified atom stereocenters. The van der Waals surface area contributed by atoms with Crippen LogP contribution in [0, 0.1) is 5.82 Å². The van der Waals surface area contributed by atoms with Crippen molar-refractivity contribution in [2.45, 2.75) is 13.2 Å². The Morgan fingerprint density at radius 3 is 2.59 bits per heavy atom. The highest BCUT2D eigenvalue weighted by atomic mass is 35.5. The topological polar surface area (TPSA) is 68.5 Å². The second-order valence-corrected chi connectivity index (χ2v) is 6.10. The third-order valence-electron chi connectivity index (χ3n) is 3.73. The highest BCUT2D eigenvalue weighted by Crippen LogP contribution is 2.13. The van der Waals surface area contributed by atoms with Crippen LogP contribution >= 0.6 is 11.6 Å². The van der Waals surface area contributed by atoms with Crippen molar-refractivity contribution in [3.63, 3.8) is 0 Å². The van der Waals surface area contributed by atoms with Crippen LogP contribution in [0.15, 0.2) is 70.1 Å². The summed E-state index contributed by atoms with van der Waals surface area (Å²) in [6, 6.07) is 14.1. The highest BCUT2D eigenvalue weighted by molar-refractivity contribution is 6.30. The first kappa shape index (κ1) is 18.7. The van der Waals surface area contributed by atoms with Gasteiger partial charge in [-0.1, -0.05) is 41.9 Å². The van der Waals surface area contributed by atoms with E-state index >= 15 is 0 Å². The van der Waals surface area contributed by atoms with Gasteiger partial charge in [-0.2, -0.15) is 0 Å². The van der Waals surface area contributed by atoms with Crippen molar-refractivity contribution in [2.75, 3.05) is 0 Å². The fourth-order valence-corrected chi connectivity index (χ4v) is 2.40. The van der Waals surface area contributed by atoms with E-state index in [9.17, 15) is 14.0 Å². The number of carbonyl (C=O) groups is 1. The Morgan fingerprint density at radius 1 is 1.15 bits per heavy atom. The summed E-state index contributed by atoms with van der Waals surface area (Å²) in [5.41, 5.74) is 0.660. The van der Waals surface area contributed by atoms with Gasteiger partial charge in [0.15, 0.2) is 5.76 Å². The van der Waals surface area contributed by atoms with Gasteiger partial charge in [0.05, 0.1) is 0 Å². The first-order chi connectivity index (χ1) is 13.0. The lowest BCUT2D eigenvalue weighted by molar-refractivity contribution is 0.0919. The molecule has 0 atom stereocenters. The van der Waals surface area contributed by atoms with Crippen LogP contribution in [-0.2, 0) is 13.2 Å². The molecule has 2 aromatic carbocycles. The molecule has 1 N–H and O–H groups in total. The van der Waals surface area contributed by atoms with E-state index in [4.69, 9.17) is 20.8 Å². The van der Waals surface area contributed by atoms with E-state index in [-0.39, 0.29) is 24.7 Å². The van der Waals surface area contributed by atoms with Crippen molar-refractivity contribution in [3.05, 3.63) is 98.8 Å². The molecular formula is C20H15ClFNO4. The van der Waals surface area contributed by atoms with Gasteiger partial charge < -0.3 is 14.5 Å². The Morgan fingerprint density at radius 2 is 1.89 bits per heavy atom. The minimum Gasteiger partial charge on any atom is -0.482 e. The van der Waals surface area contributed by atoms with E-state index in [2.05, 4.69) is 5.32 Å². The largest absolute Gasteiger partial charge is 0.482 e. The van der Waals surface area contributed by atoms with Gasteiger partial charge in [0.25, 0.3) is 5.91 Å². The van der Waals surface area contributed by atoms with Crippen LogP contribution in [0.1, 0.15) is 21.7 Å². The van der Waals surface area contributed by atoms with E-state index < -0.39 is 17.2 Å². The quantitative estimate of drug-likeness (QED) is 0.695. The summed E-state index contributed by atoms with van der Waals surface area (Å²) in [5, 5.41) is 3.10. The zero-order valence-electron chi connectivity index (χ0n) is 14.1. The van der Waals surface area contributed by atoms with Crippen LogP contribution in [-0.4, -0.2) is 5.91 Å². The molecule has 0 spiro atoms. The minimum absolute atomic E-state index is 0.0180. The Hall–Kier alpha value is -3.12. The third-order valence-corrected chi connectivity index (χ3v) is 3.98. The molecule has 138 valence electrons. The molecule has 0 radical (unpaired) electrons. The van der Waals surface area contributed by atoms with Gasteiger partial charge in [-0.25, -0.2) is 4.39 Å². The monoisotopic (exact) mass is 387 g/mol. The average molecular weight is 388 g/mol. The molecule has 7 heteroatoms. The van der Waals surface area contributed by atoms with Crippen molar-refractivity contribution in [1.29, 1.82) is 0 Å². The van der Waals surface area contributed by atoms with Crippen LogP contribution in [0.5, 0.6) is 5.75 Å². The Bertz CT molecular complexity index is 1000. The van der Waals surface area contributed by atoms with E-state index in [0.717, 1.165) is 17.9 Å². The normalized spacial score (nSPS) is 10.4. The summed E-state index contributed by atoms with van der Waals surface area (Å²) in [6.07, 6.45) is 1.08. The SMILES string of the molecule is O=C(NCc1ccccc1F)c1cc(=O)c(OCc2ccc(Cl)cc2)co1. The lowest BCUT2D eigenvalue weighted by Crippen LogP contribution is -2.24. The number of hydrogen-bond acceptors (Lipinski definition) is 4. The predicted molar refractivity (Wildman–Crippen MR) is 98.3 cm³/mol. The molecule has 0 aliphatic carbocycles. The third kappa shape index (κ3) is 4.95. The molecule has 0 bridgehead atoms. The lowest BCUT2D eigenvalue weighted by Gasteiger charge is -2.07. The summed E-state index contributed by atoms with van der Waals surface area (Å²) in [4.78, 5) is 24.2. The fourth-order valence-electron chi connectivity index (χ4n) is 2.27. The van der Waals surface area contributed by atoms with Crippen LogP contribution in [0.25, 0.3) is 0 Å². The van der Waals surface area contributed by atoms with Gasteiger partial charge in [0.2, 0.25) is 11.2 Å². The Balaban J connectivity index is 1.61. The number of ether oxygens (including phenoxy) is 1. The van der Waals surface area contributed by atoms with Crippen LogP contribution < -0.4 is 15.5 Å². The average Bonchev–Trinajstić information content (AvgIpc) is 2.67. The first-order valence-electron chi connectivity index (χ1n) is 8.04. The summed E-state index contributed by atoms with van der Waals surface area (Å²) in [5.74, 6) is -1.25. The molecule has 1 heterocycles. The van der Waals surface area contributed by atoms with Crippen molar-refractivity contribution in [3.8, 4) is 5.75 Å². The van der Waals surface area contributed by atoms with Crippen molar-refractivity contribution >= 4 is 17.5 Å². The first-order valence-corrected chi connectivity index (χ1v) is 8.42. The standard InChI is InChI=1S/C20H15ClFNO4/c21-15-7-5-13(6-8-15)11-26-19-12-27-18(9-17(19)24)20(25)23-10-14-3-1-2-4-16(14)22/h1-9,12H,10-11H2,(H,23,25). The number of halogens is 2. The Labute approximate surface area is 159 Å². The number of hydrogen-bond donors (Lipinski definition) is 1. The summed E-state index contributed by atoms with van der Waals surface area (Å²) < 4.78 is 24.1. The van der Waals surface area contributed by atoms with Gasteiger partial charge in [-0.15, -0.1) is 0 Å². The molecular weight excluding hydrogens is 373 g/mol. The van der Waals surface area contributed by atoms with Crippen molar-refractivity contribution < 1.29 is 18.3 Å². The molecule has 0 aliphatic rings. The van der Waals surface area contributed by atoms with Gasteiger partial charge in [0.1, 0.15) is 18.7 Å². The summed E-state index contributed by atoms with van der Waals surface area (Å²) in [7, 11) is 0. The lowest BCUT2D eigenvalue weighted by atomic mass is 10.2. The second kappa shape index (κ2) is 8.51. The number of nitrogens with one attached hydrogen (secondary N) is 1. The van der Waals surface area contributed by atoms with Gasteiger partial charge in [-0.3, -0.25) is 9.59 Å². The van der Waals surface area contributed by atoms with E-state index in [0.29, 0.717) is 10.6 Å². The van der Waals surface area contributed by atoms with Gasteiger partial charge in [0, 0.05) is 23.2 Å². The van der Waals surface area contributed by atoms with Gasteiger partial charge >= 0.3 is 0 Å². The maximum absolute atomic E-state index is 13.6. The van der Waals surface area contributed by atoms with E-state index in [1.54, 1.807) is 42.5 Å². The minimum atomic E-state index is -0.625. The molecule has 1 aromatic heterocycles. The summed E-state index contributed by atoms with van der Waals surface area (Å²) >= 11 is 5.81. The highest BCUT2D eigenvalue weighted by Gasteiger charge is 2.13. The number of amides is 1. The van der Waals surface area contributed by atoms with Crippen molar-refractivity contribution in [1.82, 2.24) is 5.32 Å². The molecule has 3 aromatic rings. The Kier molecular flexibility index (Phi) is 5.88. The molecule has 27 heavy (non-hydrogen) atoms. The summed E-state index contributed by atoms with van der Waals surface area (Å²) in [6.45, 7) is 0.130. The van der Waals surface area contributed by atoms with E-state index in [1.807, 2.05) is 0 Å². The van der Waals surface area contributed by atoms with Crippen molar-refractivity contribution in [2.24, 2.45) is 0 Å². The number of carbonyl (C=O) groups excluding carboxylic acids is 1. The van der Waals surface area contributed by atoms with E-state index in [1.165, 1.54) is 6.07 Å². The van der Waals surface area contributed by atoms with Crippen LogP contribution in [0.2, 0.25) is 5.02 Å². The number of rotatable bonds is 6. The molecule has 0 fully saturated rings. The molecule has 1 amide bonds. The molecule has 0 aliphatic heterocycles. The molecule has 5 nitrogen and oxygen atoms in total. The predicted octanol–water partition coefficient (Wildman–Crippen LogP) is 3.94. The molecule has 3 rings (SSSR count). The fraction of sp³-hybridized carbons (Fsp3) is 0.100. The molecule has 0 saturated carbocycles. The molecule has 0 saturated heterocycles. The zero-order valence-corrected chi connectivity index (χ0v) is 14.8. The van der Waals surface area contributed by atoms with Crippen LogP contribution in [0.4, 0.5) is 4.39 Å². The number of benzene rings is 2. The van der Waals surface area contributed by atoms with Crippen LogP contribution in [0.3, 0.4) is 0 Å². The maximum atomic E-state index is 13.6. The maximum Gasteiger partial charge on any atom is 0.287 e. The smallest absolute Gasteiger partial charge is 0.287 e. The van der Waals surface area contributed by atoms with Gasteiger partial charge in [-0.05, 0) is 23.8 Å². The second-order valence-electron chi connectivity index (χ2n) is 5.66. The zero-order chi connectivity index (χ0) is 19.2.